The van der Waals surface area contributed by atoms with Gasteiger partial charge in [-0.15, -0.1) is 0 Å². The fraction of sp³-hybridized carbons (Fsp3) is 0.174. The Balaban J connectivity index is 0.00000126. The first-order chi connectivity index (χ1) is 16.3. The summed E-state index contributed by atoms with van der Waals surface area (Å²) in [5.41, 5.74) is 5.09. The van der Waals surface area contributed by atoms with E-state index >= 15 is 0 Å². The number of hydrogen-bond acceptors (Lipinski definition) is 8. The Morgan fingerprint density at radius 2 is 1.91 bits per heavy atom. The van der Waals surface area contributed by atoms with Crippen LogP contribution < -0.4 is 16.0 Å². The highest BCUT2D eigenvalue weighted by Crippen LogP contribution is 2.27. The first-order valence-electron chi connectivity index (χ1n) is 10.4. The van der Waals surface area contributed by atoms with Crippen LogP contribution in [0.4, 0.5) is 17.5 Å². The molecule has 0 spiro atoms. The minimum absolute atomic E-state index is 0.0339. The van der Waals surface area contributed by atoms with Gasteiger partial charge in [-0.05, 0) is 35.7 Å². The van der Waals surface area contributed by atoms with E-state index in [2.05, 4.69) is 41.3 Å². The number of aliphatic hydroxyl groups is 1. The number of fused-ring (bicyclic) bond motifs is 1. The van der Waals surface area contributed by atoms with Gasteiger partial charge in [-0.25, -0.2) is 4.98 Å². The highest BCUT2D eigenvalue weighted by Gasteiger charge is 2.17. The first-order valence-corrected chi connectivity index (χ1v) is 10.4. The Hall–Kier alpha value is -4.31. The topological polar surface area (TPSA) is 141 Å². The maximum atomic E-state index is 12.0. The average molecular weight is 444 g/mol. The Morgan fingerprint density at radius 3 is 2.70 bits per heavy atom. The molecule has 0 saturated carbocycles. The zero-order valence-corrected chi connectivity index (χ0v) is 18.0. The van der Waals surface area contributed by atoms with Crippen molar-refractivity contribution in [3.63, 3.8) is 0 Å². The molecule has 0 fully saturated rings. The van der Waals surface area contributed by atoms with Crippen molar-refractivity contribution in [1.29, 1.82) is 0 Å². The summed E-state index contributed by atoms with van der Waals surface area (Å²) in [5.74, 6) is 1.06. The minimum Gasteiger partial charge on any atom is -0.400 e. The molecule has 2 aromatic heterocycles. The van der Waals surface area contributed by atoms with Crippen LogP contribution in [0.15, 0.2) is 60.9 Å². The standard InChI is InChI=1S/C22H20N8O.CH4O/c31-21-17-7-6-16(10-15(17)8-9-23-21)27-22-25-12-18(19-13-26-30-29-19)20(28-22)24-11-14-4-2-1-3-5-14;1-2/h1-7,10,12-13H,8-9,11H2,(H,23,31)(H,26,29,30)(H2,24,25,27,28);2H,1H3. The second kappa shape index (κ2) is 10.3. The molecule has 1 aliphatic rings. The molecular weight excluding hydrogens is 420 g/mol. The smallest absolute Gasteiger partial charge is 0.251 e. The second-order valence-corrected chi connectivity index (χ2v) is 7.15. The Kier molecular flexibility index (Phi) is 6.86. The van der Waals surface area contributed by atoms with Gasteiger partial charge in [-0.2, -0.15) is 20.4 Å². The van der Waals surface area contributed by atoms with Crippen LogP contribution >= 0.6 is 0 Å². The number of aromatic nitrogens is 5. The quantitative estimate of drug-likeness (QED) is 0.306. The van der Waals surface area contributed by atoms with E-state index in [0.717, 1.165) is 35.9 Å². The van der Waals surface area contributed by atoms with E-state index in [1.165, 1.54) is 0 Å². The monoisotopic (exact) mass is 444 g/mol. The maximum Gasteiger partial charge on any atom is 0.251 e. The van der Waals surface area contributed by atoms with Crippen molar-refractivity contribution in [2.24, 2.45) is 0 Å². The molecule has 3 heterocycles. The predicted octanol–water partition coefficient (Wildman–Crippen LogP) is 2.51. The van der Waals surface area contributed by atoms with Gasteiger partial charge in [0.15, 0.2) is 0 Å². The van der Waals surface area contributed by atoms with Crippen LogP contribution in [0.1, 0.15) is 21.5 Å². The van der Waals surface area contributed by atoms with Crippen molar-refractivity contribution in [3.05, 3.63) is 77.6 Å². The van der Waals surface area contributed by atoms with Crippen molar-refractivity contribution in [2.45, 2.75) is 13.0 Å². The summed E-state index contributed by atoms with van der Waals surface area (Å²) < 4.78 is 0. The van der Waals surface area contributed by atoms with Crippen molar-refractivity contribution in [2.75, 3.05) is 24.3 Å². The van der Waals surface area contributed by atoms with Crippen LogP contribution in [0.25, 0.3) is 11.3 Å². The molecule has 5 rings (SSSR count). The second-order valence-electron chi connectivity index (χ2n) is 7.15. The SMILES string of the molecule is CO.O=C1NCCc2cc(Nc3ncc(-c4cn[nH]n4)c(NCc4ccccc4)n3)ccc21. The molecule has 4 aromatic rings. The number of aliphatic hydroxyl groups excluding tert-OH is 1. The molecule has 168 valence electrons. The van der Waals surface area contributed by atoms with Crippen LogP contribution in [0.2, 0.25) is 0 Å². The van der Waals surface area contributed by atoms with Gasteiger partial charge in [0.2, 0.25) is 5.95 Å². The number of anilines is 3. The molecule has 0 bridgehead atoms. The molecule has 10 nitrogen and oxygen atoms in total. The number of nitrogens with one attached hydrogen (secondary N) is 4. The molecule has 0 aliphatic carbocycles. The van der Waals surface area contributed by atoms with Gasteiger partial charge >= 0.3 is 0 Å². The number of benzene rings is 2. The lowest BCUT2D eigenvalue weighted by Crippen LogP contribution is -2.31. The number of nitrogens with zero attached hydrogens (tertiary/aromatic N) is 4. The first kappa shape index (κ1) is 21.9. The number of carbonyl (C=O) groups excluding carboxylic acids is 1. The summed E-state index contributed by atoms with van der Waals surface area (Å²) in [6.45, 7) is 1.25. The summed E-state index contributed by atoms with van der Waals surface area (Å²) in [6.07, 6.45) is 4.15. The molecule has 10 heteroatoms. The van der Waals surface area contributed by atoms with Gasteiger partial charge in [-0.1, -0.05) is 30.3 Å². The van der Waals surface area contributed by atoms with E-state index in [-0.39, 0.29) is 5.91 Å². The molecule has 5 N–H and O–H groups in total. The van der Waals surface area contributed by atoms with Gasteiger partial charge in [0.25, 0.3) is 5.91 Å². The zero-order chi connectivity index (χ0) is 23.0. The minimum atomic E-state index is -0.0339. The Bertz CT molecular complexity index is 1210. The third-order valence-corrected chi connectivity index (χ3v) is 5.07. The van der Waals surface area contributed by atoms with E-state index in [1.54, 1.807) is 12.4 Å². The summed E-state index contributed by atoms with van der Waals surface area (Å²) in [6, 6.07) is 15.7. The number of carbonyl (C=O) groups is 1. The summed E-state index contributed by atoms with van der Waals surface area (Å²) in [4.78, 5) is 21.1. The number of rotatable bonds is 6. The molecule has 0 radical (unpaired) electrons. The summed E-state index contributed by atoms with van der Waals surface area (Å²) in [5, 5.41) is 27.1. The number of amides is 1. The number of H-pyrrole nitrogens is 1. The van der Waals surface area contributed by atoms with Gasteiger partial charge in [0.05, 0.1) is 11.8 Å². The van der Waals surface area contributed by atoms with E-state index in [4.69, 9.17) is 5.11 Å². The molecule has 1 amide bonds. The lowest BCUT2D eigenvalue weighted by Gasteiger charge is -2.17. The third-order valence-electron chi connectivity index (χ3n) is 5.07. The van der Waals surface area contributed by atoms with Crippen molar-refractivity contribution in [3.8, 4) is 11.3 Å². The molecule has 0 unspecified atom stereocenters. The van der Waals surface area contributed by atoms with Gasteiger partial charge < -0.3 is 21.1 Å². The molecule has 2 aromatic carbocycles. The van der Waals surface area contributed by atoms with Crippen LogP contribution in [0.5, 0.6) is 0 Å². The molecule has 1 aliphatic heterocycles. The lowest BCUT2D eigenvalue weighted by atomic mass is 10.00. The normalized spacial score (nSPS) is 12.1. The van der Waals surface area contributed by atoms with E-state index in [0.29, 0.717) is 36.1 Å². The third kappa shape index (κ3) is 5.13. The maximum absolute atomic E-state index is 12.0. The lowest BCUT2D eigenvalue weighted by molar-refractivity contribution is 0.0946. The van der Waals surface area contributed by atoms with E-state index in [9.17, 15) is 4.79 Å². The van der Waals surface area contributed by atoms with Crippen molar-refractivity contribution >= 4 is 23.4 Å². The van der Waals surface area contributed by atoms with Gasteiger partial charge in [0.1, 0.15) is 11.5 Å². The highest BCUT2D eigenvalue weighted by atomic mass is 16.2. The van der Waals surface area contributed by atoms with Crippen molar-refractivity contribution in [1.82, 2.24) is 30.7 Å². The van der Waals surface area contributed by atoms with Crippen molar-refractivity contribution < 1.29 is 9.90 Å². The highest BCUT2D eigenvalue weighted by molar-refractivity contribution is 5.97. The Morgan fingerprint density at radius 1 is 1.06 bits per heavy atom. The van der Waals surface area contributed by atoms with Crippen LogP contribution in [0, 0.1) is 0 Å². The summed E-state index contributed by atoms with van der Waals surface area (Å²) in [7, 11) is 1.00. The van der Waals surface area contributed by atoms with E-state index in [1.807, 2.05) is 48.5 Å². The molecular formula is C23H24N8O2. The molecule has 0 atom stereocenters. The van der Waals surface area contributed by atoms with E-state index < -0.39 is 0 Å². The largest absolute Gasteiger partial charge is 0.400 e. The fourth-order valence-corrected chi connectivity index (χ4v) is 3.51. The number of aromatic amines is 1. The average Bonchev–Trinajstić information content (AvgIpc) is 3.40. The van der Waals surface area contributed by atoms with Crippen LogP contribution in [-0.2, 0) is 13.0 Å². The molecule has 33 heavy (non-hydrogen) atoms. The molecule has 0 saturated heterocycles. The van der Waals surface area contributed by atoms with Gasteiger partial charge in [0, 0.05) is 37.6 Å². The Labute approximate surface area is 190 Å². The van der Waals surface area contributed by atoms with Gasteiger partial charge in [-0.3, -0.25) is 4.79 Å². The zero-order valence-electron chi connectivity index (χ0n) is 18.0. The fourth-order valence-electron chi connectivity index (χ4n) is 3.51. The van der Waals surface area contributed by atoms with Crippen LogP contribution in [-0.4, -0.2) is 50.0 Å². The predicted molar refractivity (Wildman–Crippen MR) is 125 cm³/mol. The summed E-state index contributed by atoms with van der Waals surface area (Å²) >= 11 is 0. The number of hydrogen-bond donors (Lipinski definition) is 5. The van der Waals surface area contributed by atoms with Crippen LogP contribution in [0.3, 0.4) is 0 Å².